The number of aliphatic hydroxyl groups is 1. The Morgan fingerprint density at radius 1 is 1.03 bits per heavy atom. The predicted molar refractivity (Wildman–Crippen MR) is 132 cm³/mol. The summed E-state index contributed by atoms with van der Waals surface area (Å²) in [5.74, 6) is -0.972. The lowest BCUT2D eigenvalue weighted by Gasteiger charge is -2.30. The van der Waals surface area contributed by atoms with E-state index in [1.807, 2.05) is 36.4 Å². The average molecular weight is 476 g/mol. The molecular formula is C28H29NO6. The molecule has 1 amide bonds. The van der Waals surface area contributed by atoms with Crippen molar-refractivity contribution in [1.82, 2.24) is 0 Å². The van der Waals surface area contributed by atoms with Crippen LogP contribution >= 0.6 is 0 Å². The second kappa shape index (κ2) is 9.80. The molecule has 7 heteroatoms. The van der Waals surface area contributed by atoms with Crippen molar-refractivity contribution in [3.63, 3.8) is 0 Å². The summed E-state index contributed by atoms with van der Waals surface area (Å²) in [7, 11) is 1.58. The molecule has 0 saturated heterocycles. The van der Waals surface area contributed by atoms with E-state index >= 15 is 0 Å². The van der Waals surface area contributed by atoms with E-state index in [4.69, 9.17) is 13.9 Å². The summed E-state index contributed by atoms with van der Waals surface area (Å²) in [6, 6.07) is 15.5. The number of aliphatic hydroxyl groups excluding tert-OH is 1. The molecule has 3 aromatic rings. The molecule has 1 aliphatic heterocycles. The zero-order valence-corrected chi connectivity index (χ0v) is 20.3. The molecule has 35 heavy (non-hydrogen) atoms. The molecule has 0 fully saturated rings. The topological polar surface area (TPSA) is 89.2 Å². The average Bonchev–Trinajstić information content (AvgIpc) is 3.46. The number of nitrogens with zero attached hydrogens (tertiary/aromatic N) is 1. The van der Waals surface area contributed by atoms with Gasteiger partial charge in [-0.25, -0.2) is 0 Å². The fourth-order valence-corrected chi connectivity index (χ4v) is 4.12. The highest BCUT2D eigenvalue weighted by Crippen LogP contribution is 2.46. The van der Waals surface area contributed by atoms with Crippen LogP contribution in [0, 0.1) is 5.41 Å². The Balaban J connectivity index is 1.82. The summed E-state index contributed by atoms with van der Waals surface area (Å²) in [5.41, 5.74) is 2.22. The standard InChI is InChI=1S/C28H29NO6/c1-28(2,3)26(31)23-24(21-7-5-6-8-22(21)35-16-15-33-4)29(27(32)25(23)30)20-11-9-18(10-12-20)19-13-14-34-17-19/h5-14,17,24,30H,15-16H2,1-4H3. The van der Waals surface area contributed by atoms with Gasteiger partial charge in [-0.1, -0.05) is 51.1 Å². The molecule has 1 aliphatic rings. The Morgan fingerprint density at radius 2 is 1.74 bits per heavy atom. The number of anilines is 1. The molecule has 1 aromatic heterocycles. The molecule has 0 spiro atoms. The van der Waals surface area contributed by atoms with Crippen molar-refractivity contribution in [2.24, 2.45) is 5.41 Å². The monoisotopic (exact) mass is 475 g/mol. The van der Waals surface area contributed by atoms with Crippen molar-refractivity contribution < 1.29 is 28.6 Å². The number of furan rings is 1. The number of hydrogen-bond acceptors (Lipinski definition) is 6. The van der Waals surface area contributed by atoms with Gasteiger partial charge in [0.1, 0.15) is 12.4 Å². The highest BCUT2D eigenvalue weighted by atomic mass is 16.5. The second-order valence-corrected chi connectivity index (χ2v) is 9.36. The predicted octanol–water partition coefficient (Wildman–Crippen LogP) is 5.49. The molecule has 2 aromatic carbocycles. The summed E-state index contributed by atoms with van der Waals surface area (Å²) >= 11 is 0. The molecule has 4 rings (SSSR count). The summed E-state index contributed by atoms with van der Waals surface area (Å²) < 4.78 is 16.2. The van der Waals surface area contributed by atoms with E-state index < -0.39 is 23.1 Å². The lowest BCUT2D eigenvalue weighted by Crippen LogP contribution is -2.33. The quantitative estimate of drug-likeness (QED) is 0.434. The third kappa shape index (κ3) is 4.72. The maximum Gasteiger partial charge on any atom is 0.294 e. The molecule has 1 atom stereocenters. The third-order valence-electron chi connectivity index (χ3n) is 5.89. The first-order valence-electron chi connectivity index (χ1n) is 11.4. The number of amides is 1. The minimum absolute atomic E-state index is 0.0594. The molecule has 0 radical (unpaired) electrons. The van der Waals surface area contributed by atoms with Gasteiger partial charge in [0, 0.05) is 29.3 Å². The van der Waals surface area contributed by atoms with Crippen LogP contribution in [-0.2, 0) is 14.3 Å². The van der Waals surface area contributed by atoms with Crippen LogP contribution in [0.3, 0.4) is 0 Å². The minimum Gasteiger partial charge on any atom is -0.503 e. The van der Waals surface area contributed by atoms with Crippen molar-refractivity contribution in [2.75, 3.05) is 25.2 Å². The van der Waals surface area contributed by atoms with Crippen molar-refractivity contribution in [3.05, 3.63) is 84.0 Å². The molecule has 1 unspecified atom stereocenters. The molecular weight excluding hydrogens is 446 g/mol. The van der Waals surface area contributed by atoms with Crippen LogP contribution in [0.4, 0.5) is 5.69 Å². The summed E-state index contributed by atoms with van der Waals surface area (Å²) in [6.07, 6.45) is 3.23. The number of Topliss-reactive ketones (excluding diaryl/α,β-unsaturated/α-hetero) is 1. The van der Waals surface area contributed by atoms with Crippen LogP contribution in [0.25, 0.3) is 11.1 Å². The molecule has 1 N–H and O–H groups in total. The Kier molecular flexibility index (Phi) is 6.80. The number of rotatable bonds is 8. The first-order chi connectivity index (χ1) is 16.7. The van der Waals surface area contributed by atoms with Gasteiger partial charge in [0.15, 0.2) is 11.5 Å². The molecule has 182 valence electrons. The van der Waals surface area contributed by atoms with Crippen molar-refractivity contribution in [3.8, 4) is 16.9 Å². The summed E-state index contributed by atoms with van der Waals surface area (Å²) in [4.78, 5) is 28.4. The SMILES string of the molecule is COCCOc1ccccc1C1C(C(=O)C(C)(C)C)=C(O)C(=O)N1c1ccc(-c2ccoc2)cc1. The van der Waals surface area contributed by atoms with Gasteiger partial charge in [0.25, 0.3) is 5.91 Å². The van der Waals surface area contributed by atoms with E-state index in [-0.39, 0.29) is 11.4 Å². The number of benzene rings is 2. The largest absolute Gasteiger partial charge is 0.503 e. The fourth-order valence-electron chi connectivity index (χ4n) is 4.12. The van der Waals surface area contributed by atoms with Gasteiger partial charge in [0.05, 0.1) is 30.7 Å². The van der Waals surface area contributed by atoms with Crippen LogP contribution in [-0.4, -0.2) is 37.1 Å². The van der Waals surface area contributed by atoms with E-state index in [1.54, 1.807) is 58.6 Å². The lowest BCUT2D eigenvalue weighted by molar-refractivity contribution is -0.123. The summed E-state index contributed by atoms with van der Waals surface area (Å²) in [6.45, 7) is 5.97. The summed E-state index contributed by atoms with van der Waals surface area (Å²) in [5, 5.41) is 11.0. The van der Waals surface area contributed by atoms with Gasteiger partial charge in [-0.3, -0.25) is 14.5 Å². The smallest absolute Gasteiger partial charge is 0.294 e. The number of ether oxygens (including phenoxy) is 2. The Hall–Kier alpha value is -3.84. The zero-order valence-electron chi connectivity index (χ0n) is 20.3. The van der Waals surface area contributed by atoms with E-state index in [0.717, 1.165) is 11.1 Å². The van der Waals surface area contributed by atoms with Crippen LogP contribution in [0.15, 0.2) is 82.9 Å². The van der Waals surface area contributed by atoms with Crippen molar-refractivity contribution in [2.45, 2.75) is 26.8 Å². The van der Waals surface area contributed by atoms with E-state index in [1.165, 1.54) is 4.90 Å². The normalized spacial score (nSPS) is 16.2. The Bertz CT molecular complexity index is 1240. The highest BCUT2D eigenvalue weighted by Gasteiger charge is 2.47. The number of para-hydroxylation sites is 1. The second-order valence-electron chi connectivity index (χ2n) is 9.36. The van der Waals surface area contributed by atoms with Gasteiger partial charge >= 0.3 is 0 Å². The van der Waals surface area contributed by atoms with Gasteiger partial charge in [-0.15, -0.1) is 0 Å². The van der Waals surface area contributed by atoms with Crippen LogP contribution in [0.1, 0.15) is 32.4 Å². The van der Waals surface area contributed by atoms with Crippen LogP contribution in [0.2, 0.25) is 0 Å². The van der Waals surface area contributed by atoms with E-state index in [2.05, 4.69) is 0 Å². The number of carbonyl (C=O) groups excluding carboxylic acids is 2. The number of ketones is 1. The zero-order chi connectivity index (χ0) is 25.2. The molecule has 0 aliphatic carbocycles. The van der Waals surface area contributed by atoms with Gasteiger partial charge in [-0.05, 0) is 29.8 Å². The first-order valence-corrected chi connectivity index (χ1v) is 11.4. The Labute approximate surface area is 204 Å². The Morgan fingerprint density at radius 3 is 2.37 bits per heavy atom. The maximum absolute atomic E-state index is 13.5. The van der Waals surface area contributed by atoms with Gasteiger partial charge in [0.2, 0.25) is 0 Å². The molecule has 7 nitrogen and oxygen atoms in total. The van der Waals surface area contributed by atoms with Crippen LogP contribution < -0.4 is 9.64 Å². The van der Waals surface area contributed by atoms with Gasteiger partial charge < -0.3 is 19.0 Å². The maximum atomic E-state index is 13.5. The highest BCUT2D eigenvalue weighted by molar-refractivity contribution is 6.17. The van der Waals surface area contributed by atoms with Crippen molar-refractivity contribution in [1.29, 1.82) is 0 Å². The number of methoxy groups -OCH3 is 1. The minimum atomic E-state index is -0.854. The fraction of sp³-hybridized carbons (Fsp3) is 0.286. The van der Waals surface area contributed by atoms with Crippen LogP contribution in [0.5, 0.6) is 5.75 Å². The lowest BCUT2D eigenvalue weighted by atomic mass is 9.82. The molecule has 0 saturated carbocycles. The molecule has 2 heterocycles. The number of hydrogen-bond donors (Lipinski definition) is 1. The van der Waals surface area contributed by atoms with Crippen molar-refractivity contribution >= 4 is 17.4 Å². The van der Waals surface area contributed by atoms with Gasteiger partial charge in [-0.2, -0.15) is 0 Å². The number of carbonyl (C=O) groups is 2. The third-order valence-corrected chi connectivity index (χ3v) is 5.89. The van der Waals surface area contributed by atoms with E-state index in [9.17, 15) is 14.7 Å². The molecule has 0 bridgehead atoms. The first kappa shape index (κ1) is 24.3. The van der Waals surface area contributed by atoms with E-state index in [0.29, 0.717) is 30.2 Å².